The van der Waals surface area contributed by atoms with Crippen LogP contribution in [-0.4, -0.2) is 4.40 Å². The molecule has 13 heavy (non-hydrogen) atoms. The normalized spacial score (nSPS) is 12.3. The van der Waals surface area contributed by atoms with Crippen molar-refractivity contribution in [3.8, 4) is 0 Å². The van der Waals surface area contributed by atoms with Crippen LogP contribution in [-0.2, 0) is 0 Å². The molecular formula is C12H13N. The number of rotatable bonds is 1. The Morgan fingerprint density at radius 1 is 1.31 bits per heavy atom. The van der Waals surface area contributed by atoms with Crippen molar-refractivity contribution in [2.75, 3.05) is 0 Å². The SMILES string of the molecule is CC=C(C)c1ccc2cccn2c1. The molecule has 0 saturated carbocycles. The fraction of sp³-hybridized carbons (Fsp3) is 0.167. The van der Waals surface area contributed by atoms with Gasteiger partial charge in [0.15, 0.2) is 0 Å². The average molecular weight is 171 g/mol. The first-order chi connectivity index (χ1) is 6.31. The summed E-state index contributed by atoms with van der Waals surface area (Å²) >= 11 is 0. The van der Waals surface area contributed by atoms with Gasteiger partial charge in [-0.25, -0.2) is 0 Å². The molecule has 0 radical (unpaired) electrons. The molecule has 66 valence electrons. The summed E-state index contributed by atoms with van der Waals surface area (Å²) in [7, 11) is 0. The molecule has 0 unspecified atom stereocenters. The zero-order valence-electron chi connectivity index (χ0n) is 7.99. The van der Waals surface area contributed by atoms with Gasteiger partial charge in [-0.3, -0.25) is 0 Å². The molecule has 2 rings (SSSR count). The highest BCUT2D eigenvalue weighted by Gasteiger charge is 1.95. The third-order valence-corrected chi connectivity index (χ3v) is 2.41. The lowest BCUT2D eigenvalue weighted by Gasteiger charge is -2.02. The van der Waals surface area contributed by atoms with Crippen LogP contribution in [0.15, 0.2) is 42.7 Å². The molecule has 2 aromatic rings. The zero-order chi connectivity index (χ0) is 9.26. The van der Waals surface area contributed by atoms with Crippen LogP contribution in [0, 0.1) is 0 Å². The van der Waals surface area contributed by atoms with Gasteiger partial charge in [0, 0.05) is 17.9 Å². The first-order valence-corrected chi connectivity index (χ1v) is 4.51. The molecule has 0 aliphatic rings. The third-order valence-electron chi connectivity index (χ3n) is 2.41. The van der Waals surface area contributed by atoms with Gasteiger partial charge < -0.3 is 4.40 Å². The Morgan fingerprint density at radius 2 is 2.15 bits per heavy atom. The third kappa shape index (κ3) is 1.37. The summed E-state index contributed by atoms with van der Waals surface area (Å²) in [6.07, 6.45) is 6.36. The number of hydrogen-bond acceptors (Lipinski definition) is 0. The van der Waals surface area contributed by atoms with Gasteiger partial charge in [0.2, 0.25) is 0 Å². The summed E-state index contributed by atoms with van der Waals surface area (Å²) in [5.41, 5.74) is 3.84. The first-order valence-electron chi connectivity index (χ1n) is 4.51. The Hall–Kier alpha value is -1.50. The highest BCUT2D eigenvalue weighted by atomic mass is 14.8. The Morgan fingerprint density at radius 3 is 2.92 bits per heavy atom. The lowest BCUT2D eigenvalue weighted by atomic mass is 10.1. The molecule has 0 aliphatic carbocycles. The Bertz CT molecular complexity index is 449. The largest absolute Gasteiger partial charge is 0.323 e. The lowest BCUT2D eigenvalue weighted by molar-refractivity contribution is 1.19. The molecule has 2 heterocycles. The topological polar surface area (TPSA) is 4.41 Å². The molecule has 1 heteroatoms. The van der Waals surface area contributed by atoms with Crippen LogP contribution < -0.4 is 0 Å². The van der Waals surface area contributed by atoms with E-state index in [4.69, 9.17) is 0 Å². The zero-order valence-corrected chi connectivity index (χ0v) is 7.99. The quantitative estimate of drug-likeness (QED) is 0.619. The van der Waals surface area contributed by atoms with E-state index in [-0.39, 0.29) is 0 Å². The Balaban J connectivity index is 2.60. The molecule has 0 fully saturated rings. The predicted molar refractivity (Wildman–Crippen MR) is 56.7 cm³/mol. The minimum Gasteiger partial charge on any atom is -0.323 e. The van der Waals surface area contributed by atoms with Gasteiger partial charge in [-0.05, 0) is 43.2 Å². The van der Waals surface area contributed by atoms with Crippen LogP contribution >= 0.6 is 0 Å². The van der Waals surface area contributed by atoms with Crippen molar-refractivity contribution in [2.45, 2.75) is 13.8 Å². The van der Waals surface area contributed by atoms with Crippen molar-refractivity contribution in [1.29, 1.82) is 0 Å². The molecule has 1 nitrogen and oxygen atoms in total. The lowest BCUT2D eigenvalue weighted by Crippen LogP contribution is -1.85. The van der Waals surface area contributed by atoms with Gasteiger partial charge in [0.25, 0.3) is 0 Å². The minimum atomic E-state index is 1.24. The second-order valence-corrected chi connectivity index (χ2v) is 3.23. The van der Waals surface area contributed by atoms with E-state index in [1.54, 1.807) is 0 Å². The van der Waals surface area contributed by atoms with Gasteiger partial charge in [-0.15, -0.1) is 0 Å². The molecule has 2 aromatic heterocycles. The van der Waals surface area contributed by atoms with Crippen molar-refractivity contribution in [3.05, 3.63) is 48.3 Å². The Labute approximate surface area is 78.3 Å². The summed E-state index contributed by atoms with van der Waals surface area (Å²) in [5.74, 6) is 0. The van der Waals surface area contributed by atoms with Crippen molar-refractivity contribution in [2.24, 2.45) is 0 Å². The second-order valence-electron chi connectivity index (χ2n) is 3.23. The molecule has 0 aliphatic heterocycles. The van der Waals surface area contributed by atoms with E-state index in [2.05, 4.69) is 61.0 Å². The number of pyridine rings is 1. The number of hydrogen-bond donors (Lipinski definition) is 0. The molecule has 0 atom stereocenters. The van der Waals surface area contributed by atoms with Gasteiger partial charge in [0.1, 0.15) is 0 Å². The summed E-state index contributed by atoms with van der Waals surface area (Å²) in [4.78, 5) is 0. The summed E-state index contributed by atoms with van der Waals surface area (Å²) in [6, 6.07) is 8.46. The predicted octanol–water partition coefficient (Wildman–Crippen LogP) is 3.36. The molecule has 0 spiro atoms. The summed E-state index contributed by atoms with van der Waals surface area (Å²) < 4.78 is 2.14. The average Bonchev–Trinajstić information content (AvgIpc) is 2.63. The smallest absolute Gasteiger partial charge is 0.0450 e. The fourth-order valence-electron chi connectivity index (χ4n) is 1.43. The Kier molecular flexibility index (Phi) is 1.93. The fourth-order valence-corrected chi connectivity index (χ4v) is 1.43. The minimum absolute atomic E-state index is 1.24. The second kappa shape index (κ2) is 3.09. The molecule has 0 saturated heterocycles. The molecule has 0 aromatic carbocycles. The molecule has 0 N–H and O–H groups in total. The number of fused-ring (bicyclic) bond motifs is 1. The highest BCUT2D eigenvalue weighted by molar-refractivity contribution is 5.65. The molecule has 0 bridgehead atoms. The number of aromatic nitrogens is 1. The van der Waals surface area contributed by atoms with Gasteiger partial charge in [-0.1, -0.05) is 12.1 Å². The van der Waals surface area contributed by atoms with Crippen LogP contribution in [0.2, 0.25) is 0 Å². The van der Waals surface area contributed by atoms with E-state index in [9.17, 15) is 0 Å². The standard InChI is InChI=1S/C12H13N/c1-3-10(2)11-6-7-12-5-4-8-13(12)9-11/h3-9H,1-2H3. The van der Waals surface area contributed by atoms with Gasteiger partial charge >= 0.3 is 0 Å². The van der Waals surface area contributed by atoms with Crippen molar-refractivity contribution >= 4 is 11.1 Å². The summed E-state index contributed by atoms with van der Waals surface area (Å²) in [6.45, 7) is 4.19. The number of allylic oxidation sites excluding steroid dienone is 2. The monoisotopic (exact) mass is 171 g/mol. The van der Waals surface area contributed by atoms with E-state index in [1.807, 2.05) is 0 Å². The van der Waals surface area contributed by atoms with Gasteiger partial charge in [-0.2, -0.15) is 0 Å². The van der Waals surface area contributed by atoms with E-state index in [1.165, 1.54) is 16.7 Å². The number of nitrogens with zero attached hydrogens (tertiary/aromatic N) is 1. The van der Waals surface area contributed by atoms with E-state index >= 15 is 0 Å². The highest BCUT2D eigenvalue weighted by Crippen LogP contribution is 2.15. The van der Waals surface area contributed by atoms with Gasteiger partial charge in [0.05, 0.1) is 0 Å². The van der Waals surface area contributed by atoms with E-state index in [0.29, 0.717) is 0 Å². The molecular weight excluding hydrogens is 158 g/mol. The van der Waals surface area contributed by atoms with Crippen LogP contribution in [0.1, 0.15) is 19.4 Å². The summed E-state index contributed by atoms with van der Waals surface area (Å²) in [5, 5.41) is 0. The maximum Gasteiger partial charge on any atom is 0.0450 e. The van der Waals surface area contributed by atoms with E-state index in [0.717, 1.165) is 0 Å². The van der Waals surface area contributed by atoms with Crippen LogP contribution in [0.5, 0.6) is 0 Å². The van der Waals surface area contributed by atoms with Crippen molar-refractivity contribution in [3.63, 3.8) is 0 Å². The van der Waals surface area contributed by atoms with Crippen LogP contribution in [0.3, 0.4) is 0 Å². The molecule has 0 amide bonds. The van der Waals surface area contributed by atoms with E-state index < -0.39 is 0 Å². The van der Waals surface area contributed by atoms with Crippen LogP contribution in [0.4, 0.5) is 0 Å². The first kappa shape index (κ1) is 8.11. The van der Waals surface area contributed by atoms with Crippen molar-refractivity contribution in [1.82, 2.24) is 4.40 Å². The van der Waals surface area contributed by atoms with Crippen LogP contribution in [0.25, 0.3) is 11.1 Å². The maximum absolute atomic E-state index is 2.16. The maximum atomic E-state index is 2.16. The van der Waals surface area contributed by atoms with Crippen molar-refractivity contribution < 1.29 is 0 Å².